The van der Waals surface area contributed by atoms with Gasteiger partial charge in [-0.05, 0) is 52.2 Å². The molecule has 0 heterocycles. The van der Waals surface area contributed by atoms with Gasteiger partial charge >= 0.3 is 0 Å². The minimum absolute atomic E-state index is 0.0312. The van der Waals surface area contributed by atoms with Crippen LogP contribution >= 0.6 is 33.2 Å². The van der Waals surface area contributed by atoms with Crippen molar-refractivity contribution in [2.24, 2.45) is 0 Å². The molecule has 0 atom stereocenters. The molecule has 1 aromatic carbocycles. The van der Waals surface area contributed by atoms with Gasteiger partial charge < -0.3 is 14.5 Å². The first-order valence-electron chi connectivity index (χ1n) is 7.81. The third kappa shape index (κ3) is 8.01. The summed E-state index contributed by atoms with van der Waals surface area (Å²) in [5.41, 5.74) is -0.911. The van der Waals surface area contributed by atoms with Crippen molar-refractivity contribution in [1.29, 1.82) is 0 Å². The van der Waals surface area contributed by atoms with Crippen LogP contribution in [0, 0.1) is 0 Å². The third-order valence-corrected chi connectivity index (χ3v) is 5.88. The van der Waals surface area contributed by atoms with E-state index in [1.165, 1.54) is 0 Å². The minimum Gasteiger partial charge on any atom is -0.478 e. The first-order chi connectivity index (χ1) is 11.2. The monoisotopic (exact) mass is 390 g/mol. The maximum Gasteiger partial charge on any atom is 0.265 e. The van der Waals surface area contributed by atoms with Gasteiger partial charge in [-0.3, -0.25) is 4.79 Å². The van der Waals surface area contributed by atoms with Gasteiger partial charge in [0.15, 0.2) is 5.60 Å². The molecule has 0 unspecified atom stereocenters. The molecule has 1 amide bonds. The molecule has 0 fully saturated rings. The standard InChI is InChI=1S/C17H27ClN2O2S2/c1-17(2,22-15-8-6-14(18)7-9-15)16(21)20(5)11-13-24-23-12-10-19(3)4/h6-9H,10-13H2,1-5H3. The smallest absolute Gasteiger partial charge is 0.265 e. The summed E-state index contributed by atoms with van der Waals surface area (Å²) in [6.07, 6.45) is 0. The Balaban J connectivity index is 2.38. The molecule has 0 aliphatic rings. The lowest BCUT2D eigenvalue weighted by atomic mass is 10.1. The highest BCUT2D eigenvalue weighted by atomic mass is 35.5. The van der Waals surface area contributed by atoms with Crippen LogP contribution in [0.4, 0.5) is 0 Å². The number of ether oxygens (including phenoxy) is 1. The number of nitrogens with zero attached hydrogens (tertiary/aromatic N) is 2. The fourth-order valence-electron chi connectivity index (χ4n) is 1.91. The van der Waals surface area contributed by atoms with Crippen LogP contribution in [0.15, 0.2) is 24.3 Å². The SMILES string of the molecule is CN(C)CCSSCCN(C)C(=O)C(C)(C)Oc1ccc(Cl)cc1. The lowest BCUT2D eigenvalue weighted by molar-refractivity contribution is -0.143. The van der Waals surface area contributed by atoms with Crippen molar-refractivity contribution in [2.75, 3.05) is 45.7 Å². The highest BCUT2D eigenvalue weighted by Gasteiger charge is 2.32. The van der Waals surface area contributed by atoms with Crippen LogP contribution in [0.1, 0.15) is 13.8 Å². The second-order valence-electron chi connectivity index (χ2n) is 6.24. The highest BCUT2D eigenvalue weighted by Crippen LogP contribution is 2.23. The van der Waals surface area contributed by atoms with Gasteiger partial charge in [0.25, 0.3) is 5.91 Å². The van der Waals surface area contributed by atoms with E-state index < -0.39 is 5.60 Å². The molecular formula is C17H27ClN2O2S2. The van der Waals surface area contributed by atoms with Crippen molar-refractivity contribution >= 4 is 39.1 Å². The predicted molar refractivity (Wildman–Crippen MR) is 107 cm³/mol. The molecule has 0 bridgehead atoms. The molecule has 0 saturated heterocycles. The van der Waals surface area contributed by atoms with E-state index >= 15 is 0 Å². The van der Waals surface area contributed by atoms with E-state index in [0.717, 1.165) is 18.1 Å². The van der Waals surface area contributed by atoms with Gasteiger partial charge in [-0.25, -0.2) is 0 Å². The van der Waals surface area contributed by atoms with Gasteiger partial charge in [-0.1, -0.05) is 33.2 Å². The number of hydrogen-bond donors (Lipinski definition) is 0. The number of amides is 1. The summed E-state index contributed by atoms with van der Waals surface area (Å²) < 4.78 is 5.84. The molecule has 1 rings (SSSR count). The third-order valence-electron chi connectivity index (χ3n) is 3.26. The molecule has 24 heavy (non-hydrogen) atoms. The Bertz CT molecular complexity index is 510. The fourth-order valence-corrected chi connectivity index (χ4v) is 4.22. The molecule has 4 nitrogen and oxygen atoms in total. The van der Waals surface area contributed by atoms with E-state index in [0.29, 0.717) is 17.3 Å². The molecule has 0 radical (unpaired) electrons. The van der Waals surface area contributed by atoms with Gasteiger partial charge in [0.05, 0.1) is 0 Å². The van der Waals surface area contributed by atoms with E-state index in [-0.39, 0.29) is 5.91 Å². The van der Waals surface area contributed by atoms with Crippen LogP contribution in [0.3, 0.4) is 0 Å². The quantitative estimate of drug-likeness (QED) is 0.447. The molecule has 0 aromatic heterocycles. The molecule has 7 heteroatoms. The van der Waals surface area contributed by atoms with Crippen LogP contribution < -0.4 is 4.74 Å². The number of likely N-dealkylation sites (N-methyl/N-ethyl adjacent to an activating group) is 1. The molecule has 1 aromatic rings. The topological polar surface area (TPSA) is 32.8 Å². The normalized spacial score (nSPS) is 11.6. The average Bonchev–Trinajstić information content (AvgIpc) is 2.51. The van der Waals surface area contributed by atoms with Gasteiger partial charge in [-0.15, -0.1) is 0 Å². The van der Waals surface area contributed by atoms with Crippen molar-refractivity contribution in [1.82, 2.24) is 9.80 Å². The number of carbonyl (C=O) groups excluding carboxylic acids is 1. The summed E-state index contributed by atoms with van der Waals surface area (Å²) in [5.74, 6) is 2.59. The molecule has 0 aliphatic carbocycles. The van der Waals surface area contributed by atoms with Crippen molar-refractivity contribution in [3.8, 4) is 5.75 Å². The minimum atomic E-state index is -0.911. The van der Waals surface area contributed by atoms with E-state index in [2.05, 4.69) is 19.0 Å². The number of halogens is 1. The fraction of sp³-hybridized carbons (Fsp3) is 0.588. The number of rotatable bonds is 10. The average molecular weight is 391 g/mol. The zero-order valence-corrected chi connectivity index (χ0v) is 17.4. The lowest BCUT2D eigenvalue weighted by Gasteiger charge is -2.30. The Labute approximate surface area is 158 Å². The molecule has 0 spiro atoms. The van der Waals surface area contributed by atoms with Crippen molar-refractivity contribution in [3.05, 3.63) is 29.3 Å². The molecule has 0 saturated carbocycles. The Morgan fingerprint density at radius 3 is 2.17 bits per heavy atom. The summed E-state index contributed by atoms with van der Waals surface area (Å²) in [6.45, 7) is 5.35. The van der Waals surface area contributed by atoms with Crippen LogP contribution in [0.2, 0.25) is 5.02 Å². The van der Waals surface area contributed by atoms with Crippen LogP contribution in [-0.2, 0) is 4.79 Å². The first-order valence-corrected chi connectivity index (χ1v) is 10.7. The maximum atomic E-state index is 12.6. The Morgan fingerprint density at radius 1 is 1.08 bits per heavy atom. The van der Waals surface area contributed by atoms with Crippen LogP contribution in [0.5, 0.6) is 5.75 Å². The molecule has 136 valence electrons. The van der Waals surface area contributed by atoms with E-state index in [9.17, 15) is 4.79 Å². The first kappa shape index (κ1) is 21.5. The largest absolute Gasteiger partial charge is 0.478 e. The van der Waals surface area contributed by atoms with Crippen molar-refractivity contribution in [3.63, 3.8) is 0 Å². The molecule has 0 N–H and O–H groups in total. The zero-order valence-electron chi connectivity index (χ0n) is 15.0. The zero-order chi connectivity index (χ0) is 18.2. The second kappa shape index (κ2) is 10.4. The summed E-state index contributed by atoms with van der Waals surface area (Å²) in [7, 11) is 9.60. The summed E-state index contributed by atoms with van der Waals surface area (Å²) in [5, 5.41) is 0.646. The summed E-state index contributed by atoms with van der Waals surface area (Å²) in [4.78, 5) is 16.5. The number of carbonyl (C=O) groups is 1. The van der Waals surface area contributed by atoms with Gasteiger partial charge in [0.1, 0.15) is 5.75 Å². The predicted octanol–water partition coefficient (Wildman–Crippen LogP) is 3.90. The van der Waals surface area contributed by atoms with Crippen molar-refractivity contribution < 1.29 is 9.53 Å². The second-order valence-corrected chi connectivity index (χ2v) is 9.38. The van der Waals surface area contributed by atoms with Crippen LogP contribution in [0.25, 0.3) is 0 Å². The lowest BCUT2D eigenvalue weighted by Crippen LogP contribution is -2.47. The Kier molecular flexibility index (Phi) is 9.34. The maximum absolute atomic E-state index is 12.6. The molecule has 0 aliphatic heterocycles. The number of hydrogen-bond acceptors (Lipinski definition) is 5. The van der Waals surface area contributed by atoms with Gasteiger partial charge in [0.2, 0.25) is 0 Å². The van der Waals surface area contributed by atoms with E-state index in [1.54, 1.807) is 53.8 Å². The summed E-state index contributed by atoms with van der Waals surface area (Å²) >= 11 is 5.87. The van der Waals surface area contributed by atoms with E-state index in [4.69, 9.17) is 16.3 Å². The van der Waals surface area contributed by atoms with Gasteiger partial charge in [0, 0.05) is 36.7 Å². The highest BCUT2D eigenvalue weighted by molar-refractivity contribution is 8.76. The van der Waals surface area contributed by atoms with Crippen LogP contribution in [-0.4, -0.2) is 67.0 Å². The summed E-state index contributed by atoms with van der Waals surface area (Å²) in [6, 6.07) is 7.05. The number of benzene rings is 1. The molecular weight excluding hydrogens is 364 g/mol. The van der Waals surface area contributed by atoms with Crippen molar-refractivity contribution in [2.45, 2.75) is 19.4 Å². The Hall–Kier alpha value is -0.560. The van der Waals surface area contributed by atoms with E-state index in [1.807, 2.05) is 17.8 Å². The Morgan fingerprint density at radius 2 is 1.62 bits per heavy atom. The van der Waals surface area contributed by atoms with Gasteiger partial charge in [-0.2, -0.15) is 0 Å².